The van der Waals surface area contributed by atoms with Gasteiger partial charge in [0, 0.05) is 24.9 Å². The lowest BCUT2D eigenvalue weighted by atomic mass is 10.1. The highest BCUT2D eigenvalue weighted by atomic mass is 15.2. The number of allylic oxidation sites excluding steroid dienone is 1. The number of aromatic nitrogens is 1. The molecule has 0 unspecified atom stereocenters. The quantitative estimate of drug-likeness (QED) is 0.754. The minimum Gasteiger partial charge on any atom is -0.329 e. The molecule has 88 valence electrons. The normalized spacial score (nSPS) is 16.4. The minimum absolute atomic E-state index is 1.03. The highest BCUT2D eigenvalue weighted by Gasteiger charge is 2.25. The van der Waals surface area contributed by atoms with Crippen LogP contribution in [0.5, 0.6) is 0 Å². The Morgan fingerprint density at radius 3 is 2.83 bits per heavy atom. The van der Waals surface area contributed by atoms with Crippen molar-refractivity contribution in [2.24, 2.45) is 0 Å². The van der Waals surface area contributed by atoms with Crippen molar-refractivity contribution in [2.45, 2.75) is 12.8 Å². The van der Waals surface area contributed by atoms with Gasteiger partial charge in [0.2, 0.25) is 0 Å². The van der Waals surface area contributed by atoms with Gasteiger partial charge in [-0.05, 0) is 35.3 Å². The monoisotopic (exact) mass is 234 g/mol. The Bertz CT molecular complexity index is 643. The third-order valence-corrected chi connectivity index (χ3v) is 3.82. The molecule has 2 nitrogen and oxygen atoms in total. The Balaban J connectivity index is 1.72. The second-order valence-electron chi connectivity index (χ2n) is 4.90. The fourth-order valence-corrected chi connectivity index (χ4v) is 2.92. The standard InChI is InChI=1S/C16H14N2/c1-2-5-14-11-15(10-13(14)4-1)18-9-7-12-6-3-8-17-16(12)18/h1-6,8,10H,7,9,11H2. The molecule has 0 bridgehead atoms. The Kier molecular flexibility index (Phi) is 2.04. The Morgan fingerprint density at radius 2 is 1.89 bits per heavy atom. The molecule has 1 aliphatic heterocycles. The summed E-state index contributed by atoms with van der Waals surface area (Å²) in [7, 11) is 0. The lowest BCUT2D eigenvalue weighted by molar-refractivity contribution is 0.914. The van der Waals surface area contributed by atoms with E-state index in [0.717, 1.165) is 25.2 Å². The molecule has 0 fully saturated rings. The summed E-state index contributed by atoms with van der Waals surface area (Å²) in [5.74, 6) is 1.15. The first-order valence-corrected chi connectivity index (χ1v) is 6.42. The lowest BCUT2D eigenvalue weighted by Crippen LogP contribution is -2.20. The fraction of sp³-hybridized carbons (Fsp3) is 0.188. The highest BCUT2D eigenvalue weighted by molar-refractivity contribution is 5.70. The van der Waals surface area contributed by atoms with Crippen LogP contribution in [0.15, 0.2) is 48.3 Å². The van der Waals surface area contributed by atoms with E-state index in [0.29, 0.717) is 0 Å². The molecule has 0 N–H and O–H groups in total. The van der Waals surface area contributed by atoms with Gasteiger partial charge in [-0.1, -0.05) is 30.3 Å². The Morgan fingerprint density at radius 1 is 1.00 bits per heavy atom. The number of pyridine rings is 1. The molecule has 0 spiro atoms. The molecule has 2 heterocycles. The number of benzene rings is 1. The summed E-state index contributed by atoms with van der Waals surface area (Å²) in [6, 6.07) is 12.8. The molecule has 2 aromatic rings. The number of rotatable bonds is 1. The average molecular weight is 234 g/mol. The van der Waals surface area contributed by atoms with Crippen LogP contribution in [-0.2, 0) is 12.8 Å². The third-order valence-electron chi connectivity index (χ3n) is 3.82. The first-order valence-electron chi connectivity index (χ1n) is 6.42. The van der Waals surface area contributed by atoms with E-state index in [1.807, 2.05) is 12.3 Å². The van der Waals surface area contributed by atoms with Gasteiger partial charge in [0.25, 0.3) is 0 Å². The van der Waals surface area contributed by atoms with E-state index in [9.17, 15) is 0 Å². The number of hydrogen-bond donors (Lipinski definition) is 0. The van der Waals surface area contributed by atoms with Crippen LogP contribution in [0.2, 0.25) is 0 Å². The van der Waals surface area contributed by atoms with Gasteiger partial charge in [-0.15, -0.1) is 0 Å². The van der Waals surface area contributed by atoms with Gasteiger partial charge in [0.15, 0.2) is 0 Å². The molecule has 0 radical (unpaired) electrons. The minimum atomic E-state index is 1.03. The van der Waals surface area contributed by atoms with Crippen LogP contribution >= 0.6 is 0 Å². The van der Waals surface area contributed by atoms with Gasteiger partial charge in [-0.3, -0.25) is 0 Å². The van der Waals surface area contributed by atoms with Crippen LogP contribution < -0.4 is 4.90 Å². The molecule has 0 saturated heterocycles. The van der Waals surface area contributed by atoms with Crippen molar-refractivity contribution in [1.82, 2.24) is 4.98 Å². The van der Waals surface area contributed by atoms with Crippen molar-refractivity contribution in [1.29, 1.82) is 0 Å². The van der Waals surface area contributed by atoms with Gasteiger partial charge < -0.3 is 4.90 Å². The maximum absolute atomic E-state index is 4.53. The number of nitrogens with zero attached hydrogens (tertiary/aromatic N) is 2. The van der Waals surface area contributed by atoms with Gasteiger partial charge in [-0.2, -0.15) is 0 Å². The summed E-state index contributed by atoms with van der Waals surface area (Å²) in [4.78, 5) is 6.90. The molecule has 0 amide bonds. The van der Waals surface area contributed by atoms with Crippen molar-refractivity contribution in [3.05, 3.63) is 65.0 Å². The van der Waals surface area contributed by atoms with E-state index < -0.39 is 0 Å². The van der Waals surface area contributed by atoms with E-state index in [1.165, 1.54) is 22.4 Å². The molecule has 2 heteroatoms. The van der Waals surface area contributed by atoms with E-state index in [4.69, 9.17) is 0 Å². The van der Waals surface area contributed by atoms with Crippen molar-refractivity contribution in [3.63, 3.8) is 0 Å². The Labute approximate surface area is 107 Å². The fourth-order valence-electron chi connectivity index (χ4n) is 2.92. The maximum atomic E-state index is 4.53. The topological polar surface area (TPSA) is 16.1 Å². The van der Waals surface area contributed by atoms with Gasteiger partial charge in [-0.25, -0.2) is 4.98 Å². The van der Waals surface area contributed by atoms with E-state index in [2.05, 4.69) is 46.3 Å². The summed E-state index contributed by atoms with van der Waals surface area (Å²) < 4.78 is 0. The molecule has 0 saturated carbocycles. The smallest absolute Gasteiger partial charge is 0.135 e. The predicted octanol–water partition coefficient (Wildman–Crippen LogP) is 3.04. The highest BCUT2D eigenvalue weighted by Crippen LogP contribution is 2.34. The third kappa shape index (κ3) is 1.39. The first-order chi connectivity index (χ1) is 8.92. The molecule has 1 aromatic carbocycles. The number of fused-ring (bicyclic) bond motifs is 2. The van der Waals surface area contributed by atoms with E-state index >= 15 is 0 Å². The zero-order valence-electron chi connectivity index (χ0n) is 10.1. The van der Waals surface area contributed by atoms with E-state index in [-0.39, 0.29) is 0 Å². The lowest BCUT2D eigenvalue weighted by Gasteiger charge is -2.19. The maximum Gasteiger partial charge on any atom is 0.135 e. The second-order valence-corrected chi connectivity index (χ2v) is 4.90. The van der Waals surface area contributed by atoms with Gasteiger partial charge in [0.1, 0.15) is 5.82 Å². The average Bonchev–Trinajstić information content (AvgIpc) is 3.02. The van der Waals surface area contributed by atoms with Crippen LogP contribution in [0.3, 0.4) is 0 Å². The molecule has 4 rings (SSSR count). The zero-order chi connectivity index (χ0) is 11.9. The molecule has 2 aliphatic rings. The van der Waals surface area contributed by atoms with Gasteiger partial charge in [0.05, 0.1) is 0 Å². The number of hydrogen-bond acceptors (Lipinski definition) is 2. The second kappa shape index (κ2) is 3.70. The molecular weight excluding hydrogens is 220 g/mol. The predicted molar refractivity (Wildman–Crippen MR) is 73.4 cm³/mol. The summed E-state index contributed by atoms with van der Waals surface area (Å²) in [5, 5.41) is 0. The first kappa shape index (κ1) is 9.89. The summed E-state index contributed by atoms with van der Waals surface area (Å²) in [6.45, 7) is 1.06. The molecule has 1 aromatic heterocycles. The SMILES string of the molecule is C1=C(N2CCc3cccnc32)Cc2ccccc21. The van der Waals surface area contributed by atoms with Crippen molar-refractivity contribution < 1.29 is 0 Å². The van der Waals surface area contributed by atoms with Crippen LogP contribution in [0.1, 0.15) is 16.7 Å². The largest absolute Gasteiger partial charge is 0.329 e. The summed E-state index contributed by atoms with van der Waals surface area (Å²) in [6.07, 6.45) is 6.34. The molecule has 18 heavy (non-hydrogen) atoms. The van der Waals surface area contributed by atoms with Crippen LogP contribution in [0.4, 0.5) is 5.82 Å². The molecular formula is C16H14N2. The van der Waals surface area contributed by atoms with Crippen LogP contribution in [0.25, 0.3) is 6.08 Å². The zero-order valence-corrected chi connectivity index (χ0v) is 10.1. The summed E-state index contributed by atoms with van der Waals surface area (Å²) >= 11 is 0. The molecule has 0 atom stereocenters. The number of anilines is 1. The summed E-state index contributed by atoms with van der Waals surface area (Å²) in [5.41, 5.74) is 5.54. The van der Waals surface area contributed by atoms with Crippen LogP contribution in [-0.4, -0.2) is 11.5 Å². The van der Waals surface area contributed by atoms with Gasteiger partial charge >= 0.3 is 0 Å². The van der Waals surface area contributed by atoms with Crippen molar-refractivity contribution >= 4 is 11.9 Å². The Hall–Kier alpha value is -2.09. The van der Waals surface area contributed by atoms with Crippen molar-refractivity contribution in [3.8, 4) is 0 Å². The van der Waals surface area contributed by atoms with Crippen LogP contribution in [0, 0.1) is 0 Å². The molecule has 1 aliphatic carbocycles. The van der Waals surface area contributed by atoms with Crippen molar-refractivity contribution in [2.75, 3.05) is 11.4 Å². The van der Waals surface area contributed by atoms with E-state index in [1.54, 1.807) is 0 Å².